The monoisotopic (exact) mass is 417 g/mol. The Kier molecular flexibility index (Phi) is 10.5. The van der Waals surface area contributed by atoms with Crippen LogP contribution in [0.25, 0.3) is 0 Å². The minimum absolute atomic E-state index is 0. The molecule has 0 unspecified atom stereocenters. The number of halogens is 1. The molecule has 0 radical (unpaired) electrons. The van der Waals surface area contributed by atoms with Gasteiger partial charge in [-0.3, -0.25) is 14.9 Å². The summed E-state index contributed by atoms with van der Waals surface area (Å²) in [4.78, 5) is 24.9. The van der Waals surface area contributed by atoms with E-state index in [1.807, 2.05) is 4.90 Å². The highest BCUT2D eigenvalue weighted by atomic mass is 35.5. The second-order valence-electron chi connectivity index (χ2n) is 6.39. The topological polar surface area (TPSA) is 84.7 Å². The summed E-state index contributed by atoms with van der Waals surface area (Å²) >= 11 is 1.49. The Hall–Kier alpha value is -1.51. The third-order valence-electron chi connectivity index (χ3n) is 4.58. The van der Waals surface area contributed by atoms with Gasteiger partial charge in [0.05, 0.1) is 17.8 Å². The molecule has 27 heavy (non-hydrogen) atoms. The van der Waals surface area contributed by atoms with E-state index in [4.69, 9.17) is 4.74 Å². The predicted molar refractivity (Wildman–Crippen MR) is 111 cm³/mol. The van der Waals surface area contributed by atoms with Crippen LogP contribution in [0.15, 0.2) is 18.2 Å². The fourth-order valence-electron chi connectivity index (χ4n) is 3.05. The number of piperidine rings is 1. The number of amides is 1. The maximum absolute atomic E-state index is 12.3. The van der Waals surface area contributed by atoms with Crippen molar-refractivity contribution in [1.82, 2.24) is 10.2 Å². The largest absolute Gasteiger partial charge is 0.490 e. The minimum atomic E-state index is -0.449. The Morgan fingerprint density at radius 3 is 2.70 bits per heavy atom. The second-order valence-corrected chi connectivity index (χ2v) is 7.37. The van der Waals surface area contributed by atoms with Crippen molar-refractivity contribution in [3.05, 3.63) is 33.9 Å². The van der Waals surface area contributed by atoms with Crippen LogP contribution in [0.2, 0.25) is 0 Å². The molecule has 7 nitrogen and oxygen atoms in total. The summed E-state index contributed by atoms with van der Waals surface area (Å²) in [7, 11) is 1.41. The third kappa shape index (κ3) is 7.20. The van der Waals surface area contributed by atoms with Gasteiger partial charge in [-0.15, -0.1) is 24.2 Å². The van der Waals surface area contributed by atoms with Crippen molar-refractivity contribution in [3.63, 3.8) is 0 Å². The number of hydrogen-bond donors (Lipinski definition) is 1. The van der Waals surface area contributed by atoms with Crippen molar-refractivity contribution in [1.29, 1.82) is 0 Å². The quantitative estimate of drug-likeness (QED) is 0.491. The fourth-order valence-corrected chi connectivity index (χ4v) is 3.92. The first-order valence-corrected chi connectivity index (χ1v) is 10.1. The summed E-state index contributed by atoms with van der Waals surface area (Å²) < 4.78 is 5.00. The van der Waals surface area contributed by atoms with E-state index in [0.717, 1.165) is 44.6 Å². The number of ether oxygens (including phenoxy) is 1. The number of benzene rings is 1. The number of methoxy groups -OCH3 is 1. The van der Waals surface area contributed by atoms with Gasteiger partial charge in [-0.1, -0.05) is 13.0 Å². The van der Waals surface area contributed by atoms with E-state index in [1.54, 1.807) is 12.1 Å². The van der Waals surface area contributed by atoms with Crippen molar-refractivity contribution in [2.24, 2.45) is 5.92 Å². The number of carbonyl (C=O) groups is 1. The lowest BCUT2D eigenvalue weighted by Crippen LogP contribution is -2.41. The second kappa shape index (κ2) is 12.0. The number of thioether (sulfide) groups is 1. The van der Waals surface area contributed by atoms with E-state index in [0.29, 0.717) is 17.4 Å². The highest BCUT2D eigenvalue weighted by molar-refractivity contribution is 7.99. The molecule has 0 atom stereocenters. The molecule has 1 amide bonds. The maximum atomic E-state index is 12.3. The van der Waals surface area contributed by atoms with Crippen LogP contribution < -0.4 is 10.1 Å². The summed E-state index contributed by atoms with van der Waals surface area (Å²) in [6.07, 6.45) is 2.10. The van der Waals surface area contributed by atoms with Gasteiger partial charge in [-0.05, 0) is 43.5 Å². The lowest BCUT2D eigenvalue weighted by molar-refractivity contribution is -0.385. The highest BCUT2D eigenvalue weighted by Crippen LogP contribution is 2.29. The van der Waals surface area contributed by atoms with Crippen LogP contribution in [0, 0.1) is 16.0 Å². The van der Waals surface area contributed by atoms with Crippen LogP contribution in [0.1, 0.15) is 25.3 Å². The first-order valence-electron chi connectivity index (χ1n) is 8.92. The molecule has 0 aromatic heterocycles. The Morgan fingerprint density at radius 1 is 1.41 bits per heavy atom. The van der Waals surface area contributed by atoms with Crippen molar-refractivity contribution in [2.45, 2.75) is 25.5 Å². The lowest BCUT2D eigenvalue weighted by atomic mass is 9.97. The molecule has 0 bridgehead atoms. The number of nitro benzene ring substituents is 1. The number of nitro groups is 1. The summed E-state index contributed by atoms with van der Waals surface area (Å²) in [5.41, 5.74) is 0.777. The molecule has 1 fully saturated rings. The molecule has 2 rings (SSSR count). The van der Waals surface area contributed by atoms with Crippen LogP contribution in [0.3, 0.4) is 0 Å². The van der Waals surface area contributed by atoms with Crippen LogP contribution >= 0.6 is 24.2 Å². The predicted octanol–water partition coefficient (Wildman–Crippen LogP) is 3.11. The molecule has 1 saturated heterocycles. The SMILES string of the molecule is CCNCC1CCN(C(=O)CSCc2ccc(OC)c([N+](=O)[O-])c2)CC1.Cl. The zero-order valence-electron chi connectivity index (χ0n) is 15.8. The van der Waals surface area contributed by atoms with Crippen LogP contribution in [0.4, 0.5) is 5.69 Å². The van der Waals surface area contributed by atoms with E-state index in [9.17, 15) is 14.9 Å². The lowest BCUT2D eigenvalue weighted by Gasteiger charge is -2.32. The smallest absolute Gasteiger partial charge is 0.311 e. The fraction of sp³-hybridized carbons (Fsp3) is 0.611. The summed E-state index contributed by atoms with van der Waals surface area (Å²) in [5.74, 6) is 2.03. The molecule has 0 aliphatic carbocycles. The Morgan fingerprint density at radius 2 is 2.11 bits per heavy atom. The van der Waals surface area contributed by atoms with E-state index < -0.39 is 4.92 Å². The number of nitrogens with zero attached hydrogens (tertiary/aromatic N) is 2. The molecule has 1 aromatic carbocycles. The van der Waals surface area contributed by atoms with Gasteiger partial charge in [0.15, 0.2) is 5.75 Å². The van der Waals surface area contributed by atoms with Gasteiger partial charge in [-0.25, -0.2) is 0 Å². The molecule has 1 aromatic rings. The van der Waals surface area contributed by atoms with Gasteiger partial charge >= 0.3 is 5.69 Å². The molecule has 0 spiro atoms. The minimum Gasteiger partial charge on any atom is -0.490 e. The van der Waals surface area contributed by atoms with Gasteiger partial charge in [0.25, 0.3) is 0 Å². The van der Waals surface area contributed by atoms with E-state index in [-0.39, 0.29) is 29.8 Å². The normalized spacial score (nSPS) is 14.5. The number of rotatable bonds is 9. The van der Waals surface area contributed by atoms with Crippen molar-refractivity contribution in [3.8, 4) is 5.75 Å². The summed E-state index contributed by atoms with van der Waals surface area (Å²) in [5, 5.41) is 14.4. The van der Waals surface area contributed by atoms with E-state index in [1.165, 1.54) is 24.9 Å². The van der Waals surface area contributed by atoms with Gasteiger partial charge in [0.2, 0.25) is 5.91 Å². The molecule has 152 valence electrons. The van der Waals surface area contributed by atoms with Crippen LogP contribution in [-0.2, 0) is 10.5 Å². The van der Waals surface area contributed by atoms with E-state index in [2.05, 4.69) is 12.2 Å². The Labute approximate surface area is 170 Å². The molecule has 0 saturated carbocycles. The molecule has 1 aliphatic rings. The first kappa shape index (κ1) is 23.5. The first-order chi connectivity index (χ1) is 12.5. The Balaban J connectivity index is 0.00000364. The number of carbonyl (C=O) groups excluding carboxylic acids is 1. The zero-order chi connectivity index (χ0) is 18.9. The summed E-state index contributed by atoms with van der Waals surface area (Å²) in [6, 6.07) is 4.92. The summed E-state index contributed by atoms with van der Waals surface area (Å²) in [6.45, 7) is 5.77. The standard InChI is InChI=1S/C18H27N3O4S.ClH/c1-3-19-11-14-6-8-20(9-7-14)18(22)13-26-12-15-4-5-17(25-2)16(10-15)21(23)24;/h4-5,10,14,19H,3,6-9,11-13H2,1-2H3;1H. The van der Waals surface area contributed by atoms with Crippen molar-refractivity contribution in [2.75, 3.05) is 39.0 Å². The van der Waals surface area contributed by atoms with Crippen molar-refractivity contribution < 1.29 is 14.5 Å². The molecular weight excluding hydrogens is 390 g/mol. The van der Waals surface area contributed by atoms with Gasteiger partial charge in [-0.2, -0.15) is 0 Å². The number of hydrogen-bond acceptors (Lipinski definition) is 6. The maximum Gasteiger partial charge on any atom is 0.311 e. The molecule has 9 heteroatoms. The van der Waals surface area contributed by atoms with Crippen LogP contribution in [-0.4, -0.2) is 54.8 Å². The molecule has 1 N–H and O–H groups in total. The van der Waals surface area contributed by atoms with E-state index >= 15 is 0 Å². The molecular formula is C18H28ClN3O4S. The highest BCUT2D eigenvalue weighted by Gasteiger charge is 2.22. The Bertz CT molecular complexity index is 625. The van der Waals surface area contributed by atoms with Gasteiger partial charge in [0, 0.05) is 24.9 Å². The van der Waals surface area contributed by atoms with Crippen LogP contribution in [0.5, 0.6) is 5.75 Å². The average molecular weight is 418 g/mol. The number of likely N-dealkylation sites (tertiary alicyclic amines) is 1. The van der Waals surface area contributed by atoms with Crippen molar-refractivity contribution >= 4 is 35.8 Å². The molecule has 1 heterocycles. The molecule has 1 aliphatic heterocycles. The zero-order valence-corrected chi connectivity index (χ0v) is 17.4. The third-order valence-corrected chi connectivity index (χ3v) is 5.57. The average Bonchev–Trinajstić information content (AvgIpc) is 2.66. The van der Waals surface area contributed by atoms with Gasteiger partial charge in [0.1, 0.15) is 0 Å². The number of nitrogens with one attached hydrogen (secondary N) is 1. The van der Waals surface area contributed by atoms with Gasteiger partial charge < -0.3 is 15.0 Å².